The summed E-state index contributed by atoms with van der Waals surface area (Å²) in [6.45, 7) is 4.29. The lowest BCUT2D eigenvalue weighted by atomic mass is 10.0. The van der Waals surface area contributed by atoms with Crippen molar-refractivity contribution in [2.45, 2.75) is 212 Å². The molecule has 0 aromatic carbocycles. The van der Waals surface area contributed by atoms with Gasteiger partial charge < -0.3 is 15.5 Å². The van der Waals surface area contributed by atoms with E-state index in [-0.39, 0.29) is 12.5 Å². The van der Waals surface area contributed by atoms with Crippen LogP contribution in [0.1, 0.15) is 200 Å². The number of hydrogen-bond donors (Lipinski definition) is 3. The summed E-state index contributed by atoms with van der Waals surface area (Å²) in [4.78, 5) is 12.3. The van der Waals surface area contributed by atoms with Crippen molar-refractivity contribution in [2.24, 2.45) is 0 Å². The number of amides is 1. The fraction of sp³-hybridized carbons (Fsp3) is 0.919. The molecular weight excluding hydrogens is 506 g/mol. The van der Waals surface area contributed by atoms with Gasteiger partial charge in [0.15, 0.2) is 0 Å². The molecule has 4 heteroatoms. The lowest BCUT2D eigenvalue weighted by Crippen LogP contribution is -2.45. The summed E-state index contributed by atoms with van der Waals surface area (Å²) in [6.07, 6.45) is 40.1. The summed E-state index contributed by atoms with van der Waals surface area (Å²) >= 11 is 0. The van der Waals surface area contributed by atoms with Crippen molar-refractivity contribution in [3.63, 3.8) is 0 Å². The molecule has 2 atom stereocenters. The molecule has 244 valence electrons. The molecule has 0 aromatic heterocycles. The summed E-state index contributed by atoms with van der Waals surface area (Å²) in [6, 6.07) is -0.613. The highest BCUT2D eigenvalue weighted by Crippen LogP contribution is 2.15. The minimum Gasteiger partial charge on any atom is -0.394 e. The summed E-state index contributed by atoms with van der Waals surface area (Å²) in [5.41, 5.74) is 0. The molecule has 0 aliphatic carbocycles. The first-order chi connectivity index (χ1) is 20.2. The van der Waals surface area contributed by atoms with E-state index in [4.69, 9.17) is 0 Å². The number of rotatable bonds is 33. The van der Waals surface area contributed by atoms with Crippen molar-refractivity contribution in [2.75, 3.05) is 6.61 Å². The standard InChI is InChI=1S/C37H73NO3/c1-3-5-7-9-11-13-15-16-17-18-19-20-21-22-23-25-27-29-31-33-37(41)38-35(34-39)36(40)32-30-28-26-24-14-12-10-8-6-4-2/h30,32,35-36,39-40H,3-29,31,33-34H2,1-2H3,(H,38,41)/b32-30+/t35-,36+/m0/s1. The monoisotopic (exact) mass is 580 g/mol. The van der Waals surface area contributed by atoms with Gasteiger partial charge >= 0.3 is 0 Å². The summed E-state index contributed by atoms with van der Waals surface area (Å²) < 4.78 is 0. The smallest absolute Gasteiger partial charge is 0.220 e. The maximum Gasteiger partial charge on any atom is 0.220 e. The molecule has 0 radical (unpaired) electrons. The third kappa shape index (κ3) is 30.4. The van der Waals surface area contributed by atoms with Crippen LogP contribution in [0.15, 0.2) is 12.2 Å². The zero-order chi connectivity index (χ0) is 30.1. The molecule has 4 nitrogen and oxygen atoms in total. The van der Waals surface area contributed by atoms with E-state index < -0.39 is 12.1 Å². The van der Waals surface area contributed by atoms with E-state index in [9.17, 15) is 15.0 Å². The van der Waals surface area contributed by atoms with Gasteiger partial charge in [-0.05, 0) is 19.3 Å². The zero-order valence-electron chi connectivity index (χ0n) is 27.8. The van der Waals surface area contributed by atoms with E-state index in [1.807, 2.05) is 6.08 Å². The van der Waals surface area contributed by atoms with E-state index in [1.54, 1.807) is 6.08 Å². The quantitative estimate of drug-likeness (QED) is 0.0535. The van der Waals surface area contributed by atoms with Crippen molar-refractivity contribution >= 4 is 5.91 Å². The molecule has 41 heavy (non-hydrogen) atoms. The second-order valence-electron chi connectivity index (χ2n) is 12.7. The van der Waals surface area contributed by atoms with Gasteiger partial charge in [-0.2, -0.15) is 0 Å². The maximum atomic E-state index is 12.3. The molecule has 0 heterocycles. The van der Waals surface area contributed by atoms with E-state index in [0.29, 0.717) is 6.42 Å². The van der Waals surface area contributed by atoms with Crippen LogP contribution in [-0.2, 0) is 4.79 Å². The third-order valence-corrected chi connectivity index (χ3v) is 8.52. The molecule has 3 N–H and O–H groups in total. The van der Waals surface area contributed by atoms with Gasteiger partial charge in [-0.1, -0.05) is 187 Å². The molecule has 0 bridgehead atoms. The van der Waals surface area contributed by atoms with Crippen LogP contribution in [0.25, 0.3) is 0 Å². The SMILES string of the molecule is CCCCCCCCCC/C=C/[C@@H](O)[C@H](CO)NC(=O)CCCCCCCCCCCCCCCCCCCCC. The van der Waals surface area contributed by atoms with E-state index in [1.165, 1.54) is 154 Å². The molecule has 0 fully saturated rings. The number of carbonyl (C=O) groups is 1. The second kappa shape index (κ2) is 33.6. The van der Waals surface area contributed by atoms with E-state index >= 15 is 0 Å². The van der Waals surface area contributed by atoms with Crippen molar-refractivity contribution in [3.8, 4) is 0 Å². The Morgan fingerprint density at radius 2 is 0.902 bits per heavy atom. The van der Waals surface area contributed by atoms with Crippen LogP contribution in [-0.4, -0.2) is 34.9 Å². The van der Waals surface area contributed by atoms with Gasteiger partial charge in [-0.25, -0.2) is 0 Å². The fourth-order valence-electron chi connectivity index (χ4n) is 5.65. The highest BCUT2D eigenvalue weighted by atomic mass is 16.3. The highest BCUT2D eigenvalue weighted by molar-refractivity contribution is 5.76. The number of aliphatic hydroxyl groups is 2. The minimum absolute atomic E-state index is 0.0634. The van der Waals surface area contributed by atoms with Crippen LogP contribution in [0.5, 0.6) is 0 Å². The Labute approximate surface area is 256 Å². The molecule has 0 aliphatic rings. The molecule has 0 saturated heterocycles. The summed E-state index contributed by atoms with van der Waals surface area (Å²) in [5.74, 6) is -0.0634. The van der Waals surface area contributed by atoms with Crippen molar-refractivity contribution in [1.82, 2.24) is 5.32 Å². The number of hydrogen-bond acceptors (Lipinski definition) is 3. The van der Waals surface area contributed by atoms with Gasteiger partial charge in [0.1, 0.15) is 0 Å². The Bertz CT molecular complexity index is 550. The predicted octanol–water partition coefficient (Wildman–Crippen LogP) is 10.7. The van der Waals surface area contributed by atoms with Crippen LogP contribution in [0.3, 0.4) is 0 Å². The average molecular weight is 580 g/mol. The Hall–Kier alpha value is -0.870. The average Bonchev–Trinajstić information content (AvgIpc) is 2.97. The fourth-order valence-corrected chi connectivity index (χ4v) is 5.65. The largest absolute Gasteiger partial charge is 0.394 e. The van der Waals surface area contributed by atoms with Gasteiger partial charge in [0.2, 0.25) is 5.91 Å². The predicted molar refractivity (Wildman–Crippen MR) is 179 cm³/mol. The molecule has 0 unspecified atom stereocenters. The van der Waals surface area contributed by atoms with Crippen LogP contribution in [0, 0.1) is 0 Å². The van der Waals surface area contributed by atoms with Crippen molar-refractivity contribution in [3.05, 3.63) is 12.2 Å². The van der Waals surface area contributed by atoms with Crippen molar-refractivity contribution in [1.29, 1.82) is 0 Å². The van der Waals surface area contributed by atoms with Crippen LogP contribution < -0.4 is 5.32 Å². The minimum atomic E-state index is -0.830. The maximum absolute atomic E-state index is 12.3. The van der Waals surface area contributed by atoms with Gasteiger partial charge in [-0.15, -0.1) is 0 Å². The topological polar surface area (TPSA) is 69.6 Å². The van der Waals surface area contributed by atoms with Gasteiger partial charge in [0.05, 0.1) is 18.8 Å². The molecule has 0 spiro atoms. The van der Waals surface area contributed by atoms with Crippen LogP contribution in [0.4, 0.5) is 0 Å². The molecular formula is C37H73NO3. The lowest BCUT2D eigenvalue weighted by molar-refractivity contribution is -0.123. The number of unbranched alkanes of at least 4 members (excludes halogenated alkanes) is 26. The van der Waals surface area contributed by atoms with E-state index in [0.717, 1.165) is 25.7 Å². The first kappa shape index (κ1) is 40.1. The third-order valence-electron chi connectivity index (χ3n) is 8.52. The first-order valence-corrected chi connectivity index (χ1v) is 18.4. The second-order valence-corrected chi connectivity index (χ2v) is 12.7. The Balaban J connectivity index is 3.53. The molecule has 0 saturated carbocycles. The zero-order valence-corrected chi connectivity index (χ0v) is 27.8. The van der Waals surface area contributed by atoms with Gasteiger partial charge in [0.25, 0.3) is 0 Å². The molecule has 1 amide bonds. The number of nitrogens with one attached hydrogen (secondary N) is 1. The molecule has 0 rings (SSSR count). The summed E-state index contributed by atoms with van der Waals surface area (Å²) in [5, 5.41) is 22.8. The van der Waals surface area contributed by atoms with E-state index in [2.05, 4.69) is 19.2 Å². The van der Waals surface area contributed by atoms with Crippen LogP contribution >= 0.6 is 0 Å². The Morgan fingerprint density at radius 1 is 0.561 bits per heavy atom. The number of aliphatic hydroxyl groups excluding tert-OH is 2. The molecule has 0 aromatic rings. The van der Waals surface area contributed by atoms with Crippen LogP contribution in [0.2, 0.25) is 0 Å². The molecule has 0 aliphatic heterocycles. The number of allylic oxidation sites excluding steroid dienone is 1. The lowest BCUT2D eigenvalue weighted by Gasteiger charge is -2.20. The normalized spacial score (nSPS) is 13.2. The van der Waals surface area contributed by atoms with Gasteiger partial charge in [0, 0.05) is 6.42 Å². The highest BCUT2D eigenvalue weighted by Gasteiger charge is 2.17. The Morgan fingerprint density at radius 3 is 1.27 bits per heavy atom. The summed E-state index contributed by atoms with van der Waals surface area (Å²) in [7, 11) is 0. The van der Waals surface area contributed by atoms with Gasteiger partial charge in [-0.3, -0.25) is 4.79 Å². The Kier molecular flexibility index (Phi) is 32.9. The number of carbonyl (C=O) groups excluding carboxylic acids is 1. The van der Waals surface area contributed by atoms with Crippen molar-refractivity contribution < 1.29 is 15.0 Å². The first-order valence-electron chi connectivity index (χ1n) is 18.4.